The van der Waals surface area contributed by atoms with Gasteiger partial charge in [-0.3, -0.25) is 9.78 Å². The average Bonchev–Trinajstić information content (AvgIpc) is 2.57. The van der Waals surface area contributed by atoms with Crippen molar-refractivity contribution >= 4 is 17.3 Å². The van der Waals surface area contributed by atoms with E-state index in [0.717, 1.165) is 30.2 Å². The summed E-state index contributed by atoms with van der Waals surface area (Å²) in [7, 11) is 4.03. The fourth-order valence-corrected chi connectivity index (χ4v) is 2.09. The summed E-state index contributed by atoms with van der Waals surface area (Å²) in [4.78, 5) is 18.6. The quantitative estimate of drug-likeness (QED) is 0.780. The van der Waals surface area contributed by atoms with Crippen molar-refractivity contribution < 1.29 is 9.53 Å². The number of likely N-dealkylation sites (N-methyl/N-ethyl adjacent to an activating group) is 1. The van der Waals surface area contributed by atoms with E-state index in [4.69, 9.17) is 4.74 Å². The molecule has 0 saturated heterocycles. The number of carbonyl (C=O) groups excluding carboxylic acids is 1. The summed E-state index contributed by atoms with van der Waals surface area (Å²) in [5.74, 6) is 0.590. The first-order chi connectivity index (χ1) is 11.6. The third-order valence-electron chi connectivity index (χ3n) is 3.31. The molecule has 6 heteroatoms. The molecule has 0 atom stereocenters. The second kappa shape index (κ2) is 8.88. The SMILES string of the molecule is CCOc1ccc(NC(=O)c2cncc(NCCN(C)C)c2)cc1. The normalized spacial score (nSPS) is 10.5. The van der Waals surface area contributed by atoms with Gasteiger partial charge in [0.05, 0.1) is 17.9 Å². The van der Waals surface area contributed by atoms with Gasteiger partial charge >= 0.3 is 0 Å². The zero-order chi connectivity index (χ0) is 17.4. The first kappa shape index (κ1) is 17.7. The van der Waals surface area contributed by atoms with Crippen molar-refractivity contribution in [2.75, 3.05) is 44.4 Å². The van der Waals surface area contributed by atoms with Crippen LogP contribution in [0.5, 0.6) is 5.75 Å². The predicted molar refractivity (Wildman–Crippen MR) is 96.8 cm³/mol. The number of anilines is 2. The van der Waals surface area contributed by atoms with Gasteiger partial charge in [-0.2, -0.15) is 0 Å². The molecular weight excluding hydrogens is 304 g/mol. The maximum absolute atomic E-state index is 12.3. The van der Waals surface area contributed by atoms with Gasteiger partial charge in [0.2, 0.25) is 0 Å². The Kier molecular flexibility index (Phi) is 6.57. The third kappa shape index (κ3) is 5.55. The number of aromatic nitrogens is 1. The van der Waals surface area contributed by atoms with Crippen molar-refractivity contribution in [1.82, 2.24) is 9.88 Å². The van der Waals surface area contributed by atoms with Gasteiger partial charge in [-0.15, -0.1) is 0 Å². The minimum absolute atomic E-state index is 0.192. The van der Waals surface area contributed by atoms with E-state index in [1.165, 1.54) is 0 Å². The molecule has 2 N–H and O–H groups in total. The maximum Gasteiger partial charge on any atom is 0.257 e. The van der Waals surface area contributed by atoms with Gasteiger partial charge in [0.1, 0.15) is 5.75 Å². The molecule has 1 amide bonds. The van der Waals surface area contributed by atoms with Crippen molar-refractivity contribution in [3.63, 3.8) is 0 Å². The van der Waals surface area contributed by atoms with E-state index in [9.17, 15) is 4.79 Å². The van der Waals surface area contributed by atoms with E-state index in [-0.39, 0.29) is 5.91 Å². The number of ether oxygens (including phenoxy) is 1. The highest BCUT2D eigenvalue weighted by Gasteiger charge is 2.08. The molecule has 2 rings (SSSR count). The van der Waals surface area contributed by atoms with Crippen LogP contribution in [0.4, 0.5) is 11.4 Å². The van der Waals surface area contributed by atoms with Crippen molar-refractivity contribution in [1.29, 1.82) is 0 Å². The molecule has 0 aliphatic heterocycles. The summed E-state index contributed by atoms with van der Waals surface area (Å²) in [6.45, 7) is 4.24. The summed E-state index contributed by atoms with van der Waals surface area (Å²) >= 11 is 0. The van der Waals surface area contributed by atoms with Crippen LogP contribution < -0.4 is 15.4 Å². The lowest BCUT2D eigenvalue weighted by Gasteiger charge is -2.12. The second-order valence-electron chi connectivity index (χ2n) is 5.60. The molecule has 1 aromatic heterocycles. The number of pyridine rings is 1. The molecule has 0 aliphatic rings. The summed E-state index contributed by atoms with van der Waals surface area (Å²) in [6, 6.07) is 9.09. The van der Waals surface area contributed by atoms with Gasteiger partial charge in [0.15, 0.2) is 0 Å². The molecule has 0 spiro atoms. The Morgan fingerprint density at radius 2 is 1.92 bits per heavy atom. The molecule has 0 saturated carbocycles. The number of carbonyl (C=O) groups is 1. The smallest absolute Gasteiger partial charge is 0.257 e. The topological polar surface area (TPSA) is 66.5 Å². The molecule has 1 heterocycles. The van der Waals surface area contributed by atoms with Crippen molar-refractivity contribution in [3.05, 3.63) is 48.3 Å². The van der Waals surface area contributed by atoms with E-state index < -0.39 is 0 Å². The first-order valence-corrected chi connectivity index (χ1v) is 7.96. The van der Waals surface area contributed by atoms with Crippen LogP contribution in [-0.4, -0.2) is 49.6 Å². The predicted octanol–water partition coefficient (Wildman–Crippen LogP) is 2.71. The molecule has 0 aliphatic carbocycles. The van der Waals surface area contributed by atoms with Gasteiger partial charge in [0, 0.05) is 31.2 Å². The summed E-state index contributed by atoms with van der Waals surface area (Å²) in [5.41, 5.74) is 2.06. The summed E-state index contributed by atoms with van der Waals surface area (Å²) in [6.07, 6.45) is 3.27. The van der Waals surface area contributed by atoms with Crippen LogP contribution in [0.1, 0.15) is 17.3 Å². The highest BCUT2D eigenvalue weighted by atomic mass is 16.5. The van der Waals surface area contributed by atoms with Gasteiger partial charge < -0.3 is 20.3 Å². The Labute approximate surface area is 142 Å². The Morgan fingerprint density at radius 1 is 1.17 bits per heavy atom. The van der Waals surface area contributed by atoms with Crippen LogP contribution in [0.25, 0.3) is 0 Å². The van der Waals surface area contributed by atoms with Gasteiger partial charge in [-0.25, -0.2) is 0 Å². The van der Waals surface area contributed by atoms with Crippen molar-refractivity contribution in [3.8, 4) is 5.75 Å². The van der Waals surface area contributed by atoms with Crippen LogP contribution in [0.3, 0.4) is 0 Å². The lowest BCUT2D eigenvalue weighted by Crippen LogP contribution is -2.21. The fraction of sp³-hybridized carbons (Fsp3) is 0.333. The molecule has 0 radical (unpaired) electrons. The summed E-state index contributed by atoms with van der Waals surface area (Å²) in [5, 5.41) is 6.11. The Morgan fingerprint density at radius 3 is 2.58 bits per heavy atom. The summed E-state index contributed by atoms with van der Waals surface area (Å²) < 4.78 is 5.39. The number of nitrogens with zero attached hydrogens (tertiary/aromatic N) is 2. The minimum Gasteiger partial charge on any atom is -0.494 e. The Bertz CT molecular complexity index is 656. The molecule has 2 aromatic rings. The zero-order valence-electron chi connectivity index (χ0n) is 14.4. The highest BCUT2D eigenvalue weighted by Crippen LogP contribution is 2.17. The molecule has 24 heavy (non-hydrogen) atoms. The molecule has 0 fully saturated rings. The molecular formula is C18H24N4O2. The van der Waals surface area contributed by atoms with Crippen LogP contribution in [0.2, 0.25) is 0 Å². The van der Waals surface area contributed by atoms with Crippen LogP contribution >= 0.6 is 0 Å². The molecule has 0 unspecified atom stereocenters. The van der Waals surface area contributed by atoms with E-state index in [1.807, 2.05) is 45.3 Å². The molecule has 0 bridgehead atoms. The largest absolute Gasteiger partial charge is 0.494 e. The molecule has 1 aromatic carbocycles. The van der Waals surface area contributed by atoms with Crippen LogP contribution in [-0.2, 0) is 0 Å². The highest BCUT2D eigenvalue weighted by molar-refractivity contribution is 6.04. The number of hydrogen-bond acceptors (Lipinski definition) is 5. The lowest BCUT2D eigenvalue weighted by molar-refractivity contribution is 0.102. The van der Waals surface area contributed by atoms with Gasteiger partial charge in [0.25, 0.3) is 5.91 Å². The van der Waals surface area contributed by atoms with Crippen LogP contribution in [0.15, 0.2) is 42.7 Å². The van der Waals surface area contributed by atoms with E-state index in [2.05, 4.69) is 20.5 Å². The Balaban J connectivity index is 1.96. The van der Waals surface area contributed by atoms with Crippen LogP contribution in [0, 0.1) is 0 Å². The number of amides is 1. The maximum atomic E-state index is 12.3. The van der Waals surface area contributed by atoms with E-state index in [0.29, 0.717) is 12.2 Å². The monoisotopic (exact) mass is 328 g/mol. The standard InChI is InChI=1S/C18H24N4O2/c1-4-24-17-7-5-15(6-8-17)21-18(23)14-11-16(13-19-12-14)20-9-10-22(2)3/h5-8,11-13,20H,4,9-10H2,1-3H3,(H,21,23). The lowest BCUT2D eigenvalue weighted by atomic mass is 10.2. The van der Waals surface area contributed by atoms with Gasteiger partial charge in [-0.05, 0) is 51.4 Å². The van der Waals surface area contributed by atoms with Crippen molar-refractivity contribution in [2.45, 2.75) is 6.92 Å². The Hall–Kier alpha value is -2.60. The zero-order valence-corrected chi connectivity index (χ0v) is 14.4. The second-order valence-corrected chi connectivity index (χ2v) is 5.60. The number of rotatable bonds is 8. The van der Waals surface area contributed by atoms with Gasteiger partial charge in [-0.1, -0.05) is 0 Å². The number of nitrogens with one attached hydrogen (secondary N) is 2. The molecule has 6 nitrogen and oxygen atoms in total. The number of hydrogen-bond donors (Lipinski definition) is 2. The third-order valence-corrected chi connectivity index (χ3v) is 3.31. The van der Waals surface area contributed by atoms with E-state index in [1.54, 1.807) is 18.5 Å². The average molecular weight is 328 g/mol. The van der Waals surface area contributed by atoms with Crippen molar-refractivity contribution in [2.24, 2.45) is 0 Å². The molecule has 128 valence electrons. The first-order valence-electron chi connectivity index (χ1n) is 7.96. The fourth-order valence-electron chi connectivity index (χ4n) is 2.09. The van der Waals surface area contributed by atoms with E-state index >= 15 is 0 Å². The number of benzene rings is 1. The minimum atomic E-state index is -0.192.